The van der Waals surface area contributed by atoms with Gasteiger partial charge in [-0.2, -0.15) is 0 Å². The van der Waals surface area contributed by atoms with E-state index in [1.54, 1.807) is 26.0 Å². The molecule has 10 heteroatoms. The first-order chi connectivity index (χ1) is 21.3. The number of hydrogen-bond donors (Lipinski definition) is 0. The van der Waals surface area contributed by atoms with Gasteiger partial charge >= 0.3 is 11.9 Å². The van der Waals surface area contributed by atoms with Crippen molar-refractivity contribution in [2.75, 3.05) is 39.6 Å². The van der Waals surface area contributed by atoms with Crippen molar-refractivity contribution in [1.82, 2.24) is 0 Å². The number of esters is 2. The molecule has 0 aliphatic rings. The quantitative estimate of drug-likeness (QED) is 0.0943. The van der Waals surface area contributed by atoms with Crippen LogP contribution in [0, 0.1) is 0 Å². The predicted molar refractivity (Wildman–Crippen MR) is 173 cm³/mol. The van der Waals surface area contributed by atoms with Gasteiger partial charge in [-0.1, -0.05) is 27.0 Å². The van der Waals surface area contributed by atoms with E-state index in [0.717, 1.165) is 0 Å². The van der Waals surface area contributed by atoms with Crippen LogP contribution in [0.2, 0.25) is 0 Å². The first kappa shape index (κ1) is 36.8. The molecule has 2 aromatic carbocycles. The molecule has 0 amide bonds. The lowest BCUT2D eigenvalue weighted by molar-refractivity contribution is -0.131. The molecule has 0 aliphatic heterocycles. The summed E-state index contributed by atoms with van der Waals surface area (Å²) in [5.74, 6) is 0.767. The standard InChI is InChI=1S/C35H48O10/c1-13-38-27-23(19-25(44-33(36)21(7)8)29(40-15-3)31(27)42-17-5)35(11,12)24-20-26(45-34(37)22(9)10)30(41-16-4)32(43-18-6)28(24)39-14-2/h19-20H,7,9,13-18H2,1-6,8,10-12H3. The maximum atomic E-state index is 12.8. The normalized spacial score (nSPS) is 10.9. The maximum Gasteiger partial charge on any atom is 0.338 e. The topological polar surface area (TPSA) is 108 Å². The summed E-state index contributed by atoms with van der Waals surface area (Å²) in [6, 6.07) is 3.37. The monoisotopic (exact) mass is 628 g/mol. The highest BCUT2D eigenvalue weighted by Crippen LogP contribution is 2.56. The average Bonchev–Trinajstić information content (AvgIpc) is 2.98. The van der Waals surface area contributed by atoms with Crippen molar-refractivity contribution in [2.24, 2.45) is 0 Å². The molecule has 0 N–H and O–H groups in total. The molecular formula is C35H48O10. The van der Waals surface area contributed by atoms with Gasteiger partial charge in [0.1, 0.15) is 0 Å². The lowest BCUT2D eigenvalue weighted by Crippen LogP contribution is -2.24. The van der Waals surface area contributed by atoms with Crippen LogP contribution < -0.4 is 37.9 Å². The molecule has 0 spiro atoms. The summed E-state index contributed by atoms with van der Waals surface area (Å²) in [5.41, 5.74) is 0.578. The van der Waals surface area contributed by atoms with Crippen LogP contribution in [-0.4, -0.2) is 51.6 Å². The number of benzene rings is 2. The SMILES string of the molecule is C=C(C)C(=O)Oc1cc(C(C)(C)c2cc(OC(=O)C(=C)C)c(OCC)c(OCC)c2OCC)c(OCC)c(OCC)c1OCC. The molecule has 0 radical (unpaired) electrons. The number of carbonyl (C=O) groups is 2. The van der Waals surface area contributed by atoms with Crippen LogP contribution >= 0.6 is 0 Å². The summed E-state index contributed by atoms with van der Waals surface area (Å²) in [6.45, 7) is 27.1. The minimum Gasteiger partial charge on any atom is -0.490 e. The van der Waals surface area contributed by atoms with Crippen LogP contribution in [0.4, 0.5) is 0 Å². The van der Waals surface area contributed by atoms with E-state index in [1.807, 2.05) is 55.4 Å². The molecule has 2 rings (SSSR count). The van der Waals surface area contributed by atoms with Gasteiger partial charge in [-0.25, -0.2) is 9.59 Å². The smallest absolute Gasteiger partial charge is 0.338 e. The van der Waals surface area contributed by atoms with E-state index in [4.69, 9.17) is 37.9 Å². The summed E-state index contributed by atoms with van der Waals surface area (Å²) in [4.78, 5) is 25.6. The van der Waals surface area contributed by atoms with Crippen LogP contribution in [-0.2, 0) is 15.0 Å². The third-order valence-corrected chi connectivity index (χ3v) is 6.49. The Hall–Kier alpha value is -4.34. The highest BCUT2D eigenvalue weighted by Gasteiger charge is 2.38. The Balaban J connectivity index is 3.16. The second-order valence-corrected chi connectivity index (χ2v) is 10.4. The minimum atomic E-state index is -0.989. The van der Waals surface area contributed by atoms with Crippen molar-refractivity contribution in [3.05, 3.63) is 47.6 Å². The zero-order chi connectivity index (χ0) is 33.9. The minimum absolute atomic E-state index is 0.127. The van der Waals surface area contributed by atoms with Gasteiger partial charge in [0, 0.05) is 27.7 Å². The fraction of sp³-hybridized carbons (Fsp3) is 0.486. The molecule has 248 valence electrons. The van der Waals surface area contributed by atoms with E-state index < -0.39 is 17.4 Å². The summed E-state index contributed by atoms with van der Waals surface area (Å²) in [5, 5.41) is 0. The molecule has 0 fully saturated rings. The molecule has 0 atom stereocenters. The van der Waals surface area contributed by atoms with Gasteiger partial charge in [-0.15, -0.1) is 0 Å². The van der Waals surface area contributed by atoms with Gasteiger partial charge in [0.15, 0.2) is 23.0 Å². The average molecular weight is 629 g/mol. The molecule has 0 unspecified atom stereocenters. The Bertz CT molecular complexity index is 1290. The van der Waals surface area contributed by atoms with Crippen molar-refractivity contribution in [3.8, 4) is 46.0 Å². The van der Waals surface area contributed by atoms with Crippen molar-refractivity contribution < 1.29 is 47.5 Å². The molecule has 0 bridgehead atoms. The Morgan fingerprint density at radius 2 is 0.800 bits per heavy atom. The van der Waals surface area contributed by atoms with Gasteiger partial charge < -0.3 is 37.9 Å². The number of rotatable bonds is 18. The molecule has 0 heterocycles. The molecule has 2 aromatic rings. The van der Waals surface area contributed by atoms with E-state index in [1.165, 1.54) is 0 Å². The Labute approximate surface area is 267 Å². The Morgan fingerprint density at radius 1 is 0.533 bits per heavy atom. The van der Waals surface area contributed by atoms with Crippen molar-refractivity contribution in [1.29, 1.82) is 0 Å². The summed E-state index contributed by atoms with van der Waals surface area (Å²) in [7, 11) is 0. The Morgan fingerprint density at radius 3 is 1.07 bits per heavy atom. The molecule has 45 heavy (non-hydrogen) atoms. The van der Waals surface area contributed by atoms with Crippen LogP contribution in [0.25, 0.3) is 0 Å². The summed E-state index contributed by atoms with van der Waals surface area (Å²) in [6.07, 6.45) is 0. The van der Waals surface area contributed by atoms with E-state index in [9.17, 15) is 9.59 Å². The van der Waals surface area contributed by atoms with E-state index in [0.29, 0.717) is 35.8 Å². The molecular weight excluding hydrogens is 580 g/mol. The van der Waals surface area contributed by atoms with Crippen molar-refractivity contribution in [3.63, 3.8) is 0 Å². The van der Waals surface area contributed by atoms with Crippen LogP contribution in [0.15, 0.2) is 36.4 Å². The number of carbonyl (C=O) groups excluding carboxylic acids is 2. The molecule has 10 nitrogen and oxygen atoms in total. The highest BCUT2D eigenvalue weighted by atomic mass is 16.6. The van der Waals surface area contributed by atoms with Crippen molar-refractivity contribution >= 4 is 11.9 Å². The zero-order valence-electron chi connectivity index (χ0n) is 28.4. The largest absolute Gasteiger partial charge is 0.490 e. The fourth-order valence-electron chi connectivity index (χ4n) is 4.49. The fourth-order valence-corrected chi connectivity index (χ4v) is 4.49. The maximum absolute atomic E-state index is 12.8. The van der Waals surface area contributed by atoms with Crippen LogP contribution in [0.5, 0.6) is 46.0 Å². The second kappa shape index (κ2) is 16.7. The number of hydrogen-bond acceptors (Lipinski definition) is 10. The highest BCUT2D eigenvalue weighted by molar-refractivity contribution is 5.90. The van der Waals surface area contributed by atoms with E-state index in [-0.39, 0.29) is 72.1 Å². The third-order valence-electron chi connectivity index (χ3n) is 6.49. The molecule has 0 saturated carbocycles. The lowest BCUT2D eigenvalue weighted by atomic mass is 9.76. The summed E-state index contributed by atoms with van der Waals surface area (Å²) < 4.78 is 48.2. The number of ether oxygens (including phenoxy) is 8. The summed E-state index contributed by atoms with van der Waals surface area (Å²) >= 11 is 0. The van der Waals surface area contributed by atoms with Gasteiger partial charge in [-0.3, -0.25) is 0 Å². The van der Waals surface area contributed by atoms with E-state index in [2.05, 4.69) is 13.2 Å². The first-order valence-electron chi connectivity index (χ1n) is 15.3. The van der Waals surface area contributed by atoms with Crippen LogP contribution in [0.1, 0.15) is 80.4 Å². The predicted octanol–water partition coefficient (Wildman–Crippen LogP) is 7.37. The van der Waals surface area contributed by atoms with Gasteiger partial charge in [0.25, 0.3) is 0 Å². The van der Waals surface area contributed by atoms with Gasteiger partial charge in [0.05, 0.1) is 39.6 Å². The van der Waals surface area contributed by atoms with E-state index >= 15 is 0 Å². The Kier molecular flexibility index (Phi) is 13.6. The molecule has 0 aliphatic carbocycles. The lowest BCUT2D eigenvalue weighted by Gasteiger charge is -2.33. The zero-order valence-corrected chi connectivity index (χ0v) is 28.4. The van der Waals surface area contributed by atoms with Crippen molar-refractivity contribution in [2.45, 2.75) is 74.7 Å². The van der Waals surface area contributed by atoms with Gasteiger partial charge in [0.2, 0.25) is 23.0 Å². The van der Waals surface area contributed by atoms with Gasteiger partial charge in [-0.05, 0) is 67.5 Å². The molecule has 0 saturated heterocycles. The van der Waals surface area contributed by atoms with Crippen LogP contribution in [0.3, 0.4) is 0 Å². The second-order valence-electron chi connectivity index (χ2n) is 10.4. The third kappa shape index (κ3) is 8.44. The molecule has 0 aromatic heterocycles. The first-order valence-corrected chi connectivity index (χ1v) is 15.3.